The number of amides is 2. The normalized spacial score (nSPS) is 16.9. The maximum atomic E-state index is 13.3. The highest BCUT2D eigenvalue weighted by molar-refractivity contribution is 7.89. The minimum Gasteiger partial charge on any atom is -0.360 e. The van der Waals surface area contributed by atoms with Crippen LogP contribution in [0.3, 0.4) is 0 Å². The molecule has 2 N–H and O–H groups in total. The number of sulfonamides is 1. The average molecular weight is 494 g/mol. The minimum atomic E-state index is -3.83. The molecule has 2 aromatic rings. The Bertz CT molecular complexity index is 1110. The summed E-state index contributed by atoms with van der Waals surface area (Å²) in [7, 11) is -3.83. The van der Waals surface area contributed by atoms with E-state index in [0.717, 1.165) is 11.1 Å². The summed E-state index contributed by atoms with van der Waals surface area (Å²) in [5.74, 6) is -1.63. The number of halogens is 1. The number of ether oxygens (including phenoxy) is 1. The van der Waals surface area contributed by atoms with E-state index in [1.54, 1.807) is 31.2 Å². The molecule has 1 saturated heterocycles. The topological polar surface area (TPSA) is 105 Å². The number of hydrogen-bond donors (Lipinski definition) is 2. The van der Waals surface area contributed by atoms with Gasteiger partial charge in [-0.05, 0) is 61.6 Å². The molecule has 0 saturated carbocycles. The molecule has 0 aromatic heterocycles. The molecule has 0 unspecified atom stereocenters. The maximum absolute atomic E-state index is 13.3. The highest BCUT2D eigenvalue weighted by atomic mass is 35.5. The lowest BCUT2D eigenvalue weighted by atomic mass is 10.1. The van der Waals surface area contributed by atoms with E-state index in [0.29, 0.717) is 30.0 Å². The highest BCUT2D eigenvalue weighted by Crippen LogP contribution is 2.25. The summed E-state index contributed by atoms with van der Waals surface area (Å²) >= 11 is 5.85. The Morgan fingerprint density at radius 2 is 1.79 bits per heavy atom. The van der Waals surface area contributed by atoms with Crippen LogP contribution in [0.2, 0.25) is 5.02 Å². The summed E-state index contributed by atoms with van der Waals surface area (Å²) in [4.78, 5) is 24.6. The van der Waals surface area contributed by atoms with Crippen molar-refractivity contribution in [1.82, 2.24) is 14.9 Å². The fraction of sp³-hybridized carbons (Fsp3) is 0.391. The zero-order valence-electron chi connectivity index (χ0n) is 18.6. The van der Waals surface area contributed by atoms with Crippen LogP contribution >= 0.6 is 11.6 Å². The standard InChI is InChI=1S/C23H28ClN3O5S/c1-16-4-5-17(2)20(14-16)33(30,31)27-12-3-13-32-21(27)15-26-23(29)22(28)25-11-10-18-6-8-19(24)9-7-18/h4-9,14,21H,3,10-13,15H2,1-2H3,(H,25,28)(H,26,29)/t21-/m1/s1. The van der Waals surface area contributed by atoms with Crippen molar-refractivity contribution in [3.05, 3.63) is 64.2 Å². The van der Waals surface area contributed by atoms with Crippen molar-refractivity contribution >= 4 is 33.4 Å². The van der Waals surface area contributed by atoms with Gasteiger partial charge in [-0.2, -0.15) is 4.31 Å². The van der Waals surface area contributed by atoms with E-state index < -0.39 is 28.1 Å². The highest BCUT2D eigenvalue weighted by Gasteiger charge is 2.35. The number of hydrogen-bond acceptors (Lipinski definition) is 5. The van der Waals surface area contributed by atoms with Gasteiger partial charge in [-0.25, -0.2) is 8.42 Å². The number of nitrogens with zero attached hydrogens (tertiary/aromatic N) is 1. The van der Waals surface area contributed by atoms with Crippen LogP contribution in [0.25, 0.3) is 0 Å². The molecule has 8 nitrogen and oxygen atoms in total. The number of rotatable bonds is 7. The molecule has 33 heavy (non-hydrogen) atoms. The molecular weight excluding hydrogens is 466 g/mol. The summed E-state index contributed by atoms with van der Waals surface area (Å²) in [6.45, 7) is 4.35. The van der Waals surface area contributed by atoms with E-state index in [4.69, 9.17) is 16.3 Å². The van der Waals surface area contributed by atoms with Crippen LogP contribution in [0, 0.1) is 13.8 Å². The molecule has 2 aromatic carbocycles. The molecule has 0 spiro atoms. The molecule has 1 fully saturated rings. The Labute approximate surface area is 199 Å². The first-order valence-corrected chi connectivity index (χ1v) is 12.5. The maximum Gasteiger partial charge on any atom is 0.309 e. The van der Waals surface area contributed by atoms with Crippen molar-refractivity contribution in [2.75, 3.05) is 26.2 Å². The van der Waals surface area contributed by atoms with Gasteiger partial charge in [0.1, 0.15) is 6.23 Å². The Kier molecular flexibility index (Phi) is 8.47. The lowest BCUT2D eigenvalue weighted by Gasteiger charge is -2.35. The molecule has 1 aliphatic rings. The van der Waals surface area contributed by atoms with E-state index in [-0.39, 0.29) is 24.5 Å². The number of benzene rings is 2. The van der Waals surface area contributed by atoms with Gasteiger partial charge in [0.2, 0.25) is 10.0 Å². The van der Waals surface area contributed by atoms with Crippen LogP contribution in [0.5, 0.6) is 0 Å². The summed E-state index contributed by atoms with van der Waals surface area (Å²) < 4.78 is 33.5. The monoisotopic (exact) mass is 493 g/mol. The van der Waals surface area contributed by atoms with Crippen LogP contribution in [0.15, 0.2) is 47.4 Å². The van der Waals surface area contributed by atoms with E-state index in [1.165, 1.54) is 4.31 Å². The molecule has 1 atom stereocenters. The van der Waals surface area contributed by atoms with Gasteiger partial charge in [-0.1, -0.05) is 35.9 Å². The van der Waals surface area contributed by atoms with Crippen molar-refractivity contribution in [3.8, 4) is 0 Å². The Balaban J connectivity index is 1.57. The van der Waals surface area contributed by atoms with Gasteiger partial charge in [-0.15, -0.1) is 0 Å². The molecule has 0 radical (unpaired) electrons. The predicted molar refractivity (Wildman–Crippen MR) is 125 cm³/mol. The third-order valence-electron chi connectivity index (χ3n) is 5.34. The molecular formula is C23H28ClN3O5S. The first-order chi connectivity index (χ1) is 15.7. The van der Waals surface area contributed by atoms with Crippen LogP contribution < -0.4 is 10.6 Å². The van der Waals surface area contributed by atoms with Crippen molar-refractivity contribution in [1.29, 1.82) is 0 Å². The van der Waals surface area contributed by atoms with Gasteiger partial charge in [0.05, 0.1) is 18.0 Å². The number of carbonyl (C=O) groups is 2. The molecule has 2 amide bonds. The SMILES string of the molecule is Cc1ccc(C)c(S(=O)(=O)N2CCCO[C@@H]2CNC(=O)C(=O)NCCc2ccc(Cl)cc2)c1. The van der Waals surface area contributed by atoms with E-state index in [1.807, 2.05) is 25.1 Å². The largest absolute Gasteiger partial charge is 0.360 e. The second-order valence-corrected chi connectivity index (χ2v) is 10.2. The molecule has 3 rings (SSSR count). The van der Waals surface area contributed by atoms with Gasteiger partial charge in [-0.3, -0.25) is 9.59 Å². The number of nitrogens with one attached hydrogen (secondary N) is 2. The van der Waals surface area contributed by atoms with Gasteiger partial charge in [0, 0.05) is 18.1 Å². The van der Waals surface area contributed by atoms with Crippen LogP contribution in [0.4, 0.5) is 0 Å². The fourth-order valence-corrected chi connectivity index (χ4v) is 5.53. The zero-order chi connectivity index (χ0) is 24.0. The van der Waals surface area contributed by atoms with E-state index in [2.05, 4.69) is 10.6 Å². The summed E-state index contributed by atoms with van der Waals surface area (Å²) in [6.07, 6.45) is 0.193. The molecule has 0 bridgehead atoms. The van der Waals surface area contributed by atoms with Gasteiger partial charge < -0.3 is 15.4 Å². The van der Waals surface area contributed by atoms with Gasteiger partial charge >= 0.3 is 11.8 Å². The minimum absolute atomic E-state index is 0.131. The first-order valence-electron chi connectivity index (χ1n) is 10.7. The van der Waals surface area contributed by atoms with Crippen molar-refractivity contribution in [2.45, 2.75) is 37.8 Å². The predicted octanol–water partition coefficient (Wildman–Crippen LogP) is 2.17. The first kappa shape index (κ1) is 25.2. The molecule has 1 heterocycles. The van der Waals surface area contributed by atoms with Crippen LogP contribution in [-0.2, 0) is 30.8 Å². The quantitative estimate of drug-likeness (QED) is 0.575. The van der Waals surface area contributed by atoms with E-state index >= 15 is 0 Å². The van der Waals surface area contributed by atoms with Crippen molar-refractivity contribution in [3.63, 3.8) is 0 Å². The lowest BCUT2D eigenvalue weighted by Crippen LogP contribution is -2.53. The van der Waals surface area contributed by atoms with Crippen molar-refractivity contribution in [2.24, 2.45) is 0 Å². The molecule has 0 aliphatic carbocycles. The fourth-order valence-electron chi connectivity index (χ4n) is 3.53. The lowest BCUT2D eigenvalue weighted by molar-refractivity contribution is -0.140. The summed E-state index contributed by atoms with van der Waals surface area (Å²) in [5.41, 5.74) is 2.44. The van der Waals surface area contributed by atoms with Crippen LogP contribution in [0.1, 0.15) is 23.1 Å². The third-order valence-corrected chi connectivity index (χ3v) is 7.62. The second-order valence-electron chi connectivity index (χ2n) is 7.91. The third kappa shape index (κ3) is 6.54. The second kappa shape index (κ2) is 11.1. The smallest absolute Gasteiger partial charge is 0.309 e. The Morgan fingerprint density at radius 1 is 1.09 bits per heavy atom. The Morgan fingerprint density at radius 3 is 2.52 bits per heavy atom. The zero-order valence-corrected chi connectivity index (χ0v) is 20.2. The van der Waals surface area contributed by atoms with Crippen LogP contribution in [-0.4, -0.2) is 57.0 Å². The molecule has 10 heteroatoms. The summed E-state index contributed by atoms with van der Waals surface area (Å²) in [6, 6.07) is 12.5. The number of carbonyl (C=O) groups excluding carboxylic acids is 2. The van der Waals surface area contributed by atoms with Crippen molar-refractivity contribution < 1.29 is 22.7 Å². The average Bonchev–Trinajstić information content (AvgIpc) is 2.80. The van der Waals surface area contributed by atoms with E-state index in [9.17, 15) is 18.0 Å². The number of aryl methyl sites for hydroxylation is 2. The van der Waals surface area contributed by atoms with Gasteiger partial charge in [0.15, 0.2) is 0 Å². The Hall–Kier alpha value is -2.46. The summed E-state index contributed by atoms with van der Waals surface area (Å²) in [5, 5.41) is 5.67. The van der Waals surface area contributed by atoms with Gasteiger partial charge in [0.25, 0.3) is 0 Å². The molecule has 178 valence electrons. The molecule has 1 aliphatic heterocycles.